The summed E-state index contributed by atoms with van der Waals surface area (Å²) < 4.78 is 27.6. The van der Waals surface area contributed by atoms with E-state index in [1.807, 2.05) is 13.8 Å². The van der Waals surface area contributed by atoms with Crippen LogP contribution in [0.1, 0.15) is 38.1 Å². The smallest absolute Gasteiger partial charge is 0.257 e. The molecule has 0 heterocycles. The van der Waals surface area contributed by atoms with Crippen LogP contribution in [0.5, 0.6) is 0 Å². The van der Waals surface area contributed by atoms with Crippen LogP contribution in [0, 0.1) is 17.6 Å². The Bertz CT molecular complexity index is 671. The lowest BCUT2D eigenvalue weighted by molar-refractivity contribution is -0.140. The minimum atomic E-state index is -1.02. The maximum Gasteiger partial charge on any atom is 0.257 e. The summed E-state index contributed by atoms with van der Waals surface area (Å²) in [7, 11) is 1.45. The molecule has 0 aromatic heterocycles. The molecule has 1 aromatic carbocycles. The summed E-state index contributed by atoms with van der Waals surface area (Å²) in [6.07, 6.45) is 0. The first kappa shape index (κ1) is 22.5. The van der Waals surface area contributed by atoms with Crippen molar-refractivity contribution in [1.29, 1.82) is 0 Å². The molecule has 1 unspecified atom stereocenters. The Morgan fingerprint density at radius 1 is 1.07 bits per heavy atom. The SMILES string of the molecule is CCN(CC)C(=O)CN(C)C(=O)C(NC(=O)c1c(F)cccc1F)C(C)C. The van der Waals surface area contributed by atoms with Gasteiger partial charge in [0.1, 0.15) is 23.2 Å². The quantitative estimate of drug-likeness (QED) is 0.747. The summed E-state index contributed by atoms with van der Waals surface area (Å²) in [5.41, 5.74) is -0.738. The van der Waals surface area contributed by atoms with Gasteiger partial charge < -0.3 is 15.1 Å². The van der Waals surface area contributed by atoms with E-state index in [1.54, 1.807) is 18.7 Å². The summed E-state index contributed by atoms with van der Waals surface area (Å²) in [6.45, 7) is 7.96. The zero-order chi connectivity index (χ0) is 20.7. The molecule has 0 aliphatic heterocycles. The predicted octanol–water partition coefficient (Wildman–Crippen LogP) is 2.05. The maximum absolute atomic E-state index is 13.8. The Balaban J connectivity index is 2.93. The molecular weight excluding hydrogens is 356 g/mol. The number of halogens is 2. The first-order chi connectivity index (χ1) is 12.6. The number of hydrogen-bond donors (Lipinski definition) is 1. The second-order valence-corrected chi connectivity index (χ2v) is 6.55. The van der Waals surface area contributed by atoms with Gasteiger partial charge in [-0.05, 0) is 31.9 Å². The Kier molecular flexibility index (Phi) is 8.33. The summed E-state index contributed by atoms with van der Waals surface area (Å²) in [5, 5.41) is 2.39. The highest BCUT2D eigenvalue weighted by Gasteiger charge is 2.30. The molecule has 150 valence electrons. The van der Waals surface area contributed by atoms with Crippen LogP contribution in [0.3, 0.4) is 0 Å². The second kappa shape index (κ2) is 9.99. The average Bonchev–Trinajstić information content (AvgIpc) is 2.59. The highest BCUT2D eigenvalue weighted by molar-refractivity contribution is 5.98. The number of carbonyl (C=O) groups excluding carboxylic acids is 3. The fourth-order valence-corrected chi connectivity index (χ4v) is 2.64. The van der Waals surface area contributed by atoms with Crippen molar-refractivity contribution in [3.05, 3.63) is 35.4 Å². The van der Waals surface area contributed by atoms with Gasteiger partial charge in [0.15, 0.2) is 0 Å². The van der Waals surface area contributed by atoms with Crippen LogP contribution in [0.4, 0.5) is 8.78 Å². The standard InChI is InChI=1S/C19H27F2N3O3/c1-6-24(7-2)15(25)11-23(5)19(27)17(12(3)4)22-18(26)16-13(20)9-8-10-14(16)21/h8-10,12,17H,6-7,11H2,1-5H3,(H,22,26). The van der Waals surface area contributed by atoms with Gasteiger partial charge in [-0.3, -0.25) is 14.4 Å². The third-order valence-corrected chi connectivity index (χ3v) is 4.27. The van der Waals surface area contributed by atoms with Crippen LogP contribution >= 0.6 is 0 Å². The van der Waals surface area contributed by atoms with Crippen LogP contribution in [0.25, 0.3) is 0 Å². The van der Waals surface area contributed by atoms with Crippen molar-refractivity contribution >= 4 is 17.7 Å². The highest BCUT2D eigenvalue weighted by Crippen LogP contribution is 2.14. The van der Waals surface area contributed by atoms with E-state index >= 15 is 0 Å². The van der Waals surface area contributed by atoms with Crippen LogP contribution in [-0.4, -0.2) is 60.2 Å². The van der Waals surface area contributed by atoms with E-state index in [4.69, 9.17) is 0 Å². The molecule has 0 bridgehead atoms. The fourth-order valence-electron chi connectivity index (χ4n) is 2.64. The van der Waals surface area contributed by atoms with Crippen molar-refractivity contribution in [2.24, 2.45) is 5.92 Å². The van der Waals surface area contributed by atoms with E-state index in [0.717, 1.165) is 18.2 Å². The van der Waals surface area contributed by atoms with Crippen molar-refractivity contribution in [1.82, 2.24) is 15.1 Å². The van der Waals surface area contributed by atoms with E-state index in [-0.39, 0.29) is 18.4 Å². The van der Waals surface area contributed by atoms with Gasteiger partial charge in [-0.25, -0.2) is 8.78 Å². The molecule has 0 saturated heterocycles. The Morgan fingerprint density at radius 2 is 1.59 bits per heavy atom. The third kappa shape index (κ3) is 5.74. The normalized spacial score (nSPS) is 11.9. The molecule has 1 rings (SSSR count). The summed E-state index contributed by atoms with van der Waals surface area (Å²) in [6, 6.07) is 2.07. The topological polar surface area (TPSA) is 69.7 Å². The minimum absolute atomic E-state index is 0.145. The van der Waals surface area contributed by atoms with E-state index in [9.17, 15) is 23.2 Å². The maximum atomic E-state index is 13.8. The fraction of sp³-hybridized carbons (Fsp3) is 0.526. The van der Waals surface area contributed by atoms with E-state index in [2.05, 4.69) is 5.32 Å². The van der Waals surface area contributed by atoms with Gasteiger partial charge in [-0.1, -0.05) is 19.9 Å². The molecule has 0 aliphatic carbocycles. The van der Waals surface area contributed by atoms with Gasteiger partial charge >= 0.3 is 0 Å². The first-order valence-electron chi connectivity index (χ1n) is 8.91. The Morgan fingerprint density at radius 3 is 2.04 bits per heavy atom. The highest BCUT2D eigenvalue weighted by atomic mass is 19.1. The van der Waals surface area contributed by atoms with E-state index in [0.29, 0.717) is 13.1 Å². The molecule has 3 amide bonds. The van der Waals surface area contributed by atoms with Gasteiger partial charge in [0.2, 0.25) is 11.8 Å². The Hall–Kier alpha value is -2.51. The number of amides is 3. The molecule has 0 spiro atoms. The zero-order valence-electron chi connectivity index (χ0n) is 16.4. The van der Waals surface area contributed by atoms with Gasteiger partial charge in [-0.2, -0.15) is 0 Å². The average molecular weight is 383 g/mol. The second-order valence-electron chi connectivity index (χ2n) is 6.55. The summed E-state index contributed by atoms with van der Waals surface area (Å²) >= 11 is 0. The predicted molar refractivity (Wildman–Crippen MR) is 98.0 cm³/mol. The van der Waals surface area contributed by atoms with Gasteiger partial charge in [0, 0.05) is 20.1 Å². The summed E-state index contributed by atoms with van der Waals surface area (Å²) in [5.74, 6) is -4.09. The monoisotopic (exact) mass is 383 g/mol. The molecule has 1 atom stereocenters. The largest absolute Gasteiger partial charge is 0.342 e. The lowest BCUT2D eigenvalue weighted by Crippen LogP contribution is -2.52. The lowest BCUT2D eigenvalue weighted by atomic mass is 10.0. The van der Waals surface area contributed by atoms with Crippen molar-refractivity contribution in [2.75, 3.05) is 26.7 Å². The van der Waals surface area contributed by atoms with Crippen molar-refractivity contribution in [3.63, 3.8) is 0 Å². The van der Waals surface area contributed by atoms with E-state index in [1.165, 1.54) is 11.9 Å². The number of benzene rings is 1. The number of hydrogen-bond acceptors (Lipinski definition) is 3. The van der Waals surface area contributed by atoms with Crippen molar-refractivity contribution in [2.45, 2.75) is 33.7 Å². The zero-order valence-corrected chi connectivity index (χ0v) is 16.4. The molecule has 0 fully saturated rings. The molecule has 27 heavy (non-hydrogen) atoms. The number of likely N-dealkylation sites (N-methyl/N-ethyl adjacent to an activating group) is 2. The Labute approximate surface area is 158 Å². The molecular formula is C19H27F2N3O3. The van der Waals surface area contributed by atoms with Crippen molar-refractivity contribution < 1.29 is 23.2 Å². The van der Waals surface area contributed by atoms with Crippen LogP contribution in [0.2, 0.25) is 0 Å². The van der Waals surface area contributed by atoms with Crippen LogP contribution in [0.15, 0.2) is 18.2 Å². The molecule has 1 N–H and O–H groups in total. The summed E-state index contributed by atoms with van der Waals surface area (Å²) in [4.78, 5) is 40.0. The molecule has 8 heteroatoms. The number of carbonyl (C=O) groups is 3. The third-order valence-electron chi connectivity index (χ3n) is 4.27. The molecule has 6 nitrogen and oxygen atoms in total. The van der Waals surface area contributed by atoms with Crippen molar-refractivity contribution in [3.8, 4) is 0 Å². The first-order valence-corrected chi connectivity index (χ1v) is 8.91. The molecule has 0 radical (unpaired) electrons. The molecule has 0 aliphatic rings. The van der Waals surface area contributed by atoms with Gasteiger partial charge in [0.05, 0.1) is 6.54 Å². The van der Waals surface area contributed by atoms with Gasteiger partial charge in [-0.15, -0.1) is 0 Å². The van der Waals surface area contributed by atoms with Crippen LogP contribution < -0.4 is 5.32 Å². The van der Waals surface area contributed by atoms with E-state index < -0.39 is 35.1 Å². The van der Waals surface area contributed by atoms with Crippen LogP contribution in [-0.2, 0) is 9.59 Å². The molecule has 0 saturated carbocycles. The number of rotatable bonds is 8. The number of nitrogens with zero attached hydrogens (tertiary/aromatic N) is 2. The number of nitrogens with one attached hydrogen (secondary N) is 1. The lowest BCUT2D eigenvalue weighted by Gasteiger charge is -2.28. The van der Waals surface area contributed by atoms with Gasteiger partial charge in [0.25, 0.3) is 5.91 Å². The minimum Gasteiger partial charge on any atom is -0.342 e. The molecule has 1 aromatic rings.